The number of carbonyl (C=O) groups is 2. The smallest absolute Gasteiger partial charge is 0.257 e. The second-order valence-electron chi connectivity index (χ2n) is 7.05. The van der Waals surface area contributed by atoms with Gasteiger partial charge in [-0.3, -0.25) is 14.9 Å². The van der Waals surface area contributed by atoms with Crippen LogP contribution in [0.25, 0.3) is 0 Å². The maximum Gasteiger partial charge on any atom is 0.257 e. The third-order valence-corrected chi connectivity index (χ3v) is 5.26. The van der Waals surface area contributed by atoms with E-state index in [4.69, 9.17) is 21.7 Å². The van der Waals surface area contributed by atoms with Crippen molar-refractivity contribution in [1.29, 1.82) is 0 Å². The van der Waals surface area contributed by atoms with Crippen molar-refractivity contribution in [2.45, 2.75) is 6.92 Å². The summed E-state index contributed by atoms with van der Waals surface area (Å²) in [6.07, 6.45) is 0. The molecule has 31 heavy (non-hydrogen) atoms. The largest absolute Gasteiger partial charge is 0.497 e. The number of nitrogens with zero attached hydrogens (tertiary/aromatic N) is 2. The monoisotopic (exact) mass is 442 g/mol. The van der Waals surface area contributed by atoms with Crippen molar-refractivity contribution in [3.8, 4) is 11.5 Å². The molecule has 0 aliphatic carbocycles. The lowest BCUT2D eigenvalue weighted by Gasteiger charge is -2.35. The molecule has 8 nitrogen and oxygen atoms in total. The molecule has 0 spiro atoms. The van der Waals surface area contributed by atoms with Crippen LogP contribution in [0.4, 0.5) is 11.4 Å². The minimum Gasteiger partial charge on any atom is -0.497 e. The molecule has 2 amide bonds. The van der Waals surface area contributed by atoms with Crippen LogP contribution < -0.4 is 25.0 Å². The molecule has 0 bridgehead atoms. The normalized spacial score (nSPS) is 13.4. The Morgan fingerprint density at radius 3 is 2.03 bits per heavy atom. The fourth-order valence-corrected chi connectivity index (χ4v) is 3.52. The average molecular weight is 443 g/mol. The van der Waals surface area contributed by atoms with E-state index >= 15 is 0 Å². The van der Waals surface area contributed by atoms with Gasteiger partial charge in [0, 0.05) is 56.1 Å². The van der Waals surface area contributed by atoms with Crippen LogP contribution in [0.2, 0.25) is 0 Å². The number of thiocarbonyl (C=S) groups is 1. The lowest BCUT2D eigenvalue weighted by atomic mass is 10.2. The summed E-state index contributed by atoms with van der Waals surface area (Å²) in [7, 11) is 3.05. The van der Waals surface area contributed by atoms with Gasteiger partial charge in [0.25, 0.3) is 5.91 Å². The second kappa shape index (κ2) is 10.1. The fraction of sp³-hybridized carbons (Fsp3) is 0.318. The third kappa shape index (κ3) is 5.85. The summed E-state index contributed by atoms with van der Waals surface area (Å²) in [5.74, 6) is 0.781. The molecule has 0 aromatic heterocycles. The van der Waals surface area contributed by atoms with Crippen molar-refractivity contribution < 1.29 is 19.1 Å². The van der Waals surface area contributed by atoms with Crippen LogP contribution in [0.5, 0.6) is 11.5 Å². The number of anilines is 2. The Bertz CT molecular complexity index is 934. The molecular formula is C22H26N4O4S. The van der Waals surface area contributed by atoms with E-state index in [9.17, 15) is 9.59 Å². The van der Waals surface area contributed by atoms with Gasteiger partial charge in [0.15, 0.2) is 5.11 Å². The van der Waals surface area contributed by atoms with E-state index < -0.39 is 0 Å². The summed E-state index contributed by atoms with van der Waals surface area (Å²) < 4.78 is 10.4. The summed E-state index contributed by atoms with van der Waals surface area (Å²) in [6.45, 7) is 4.64. The molecule has 1 saturated heterocycles. The molecule has 1 aliphatic heterocycles. The molecule has 0 unspecified atom stereocenters. The molecule has 0 saturated carbocycles. The van der Waals surface area contributed by atoms with E-state index in [-0.39, 0.29) is 16.9 Å². The molecule has 9 heteroatoms. The van der Waals surface area contributed by atoms with Crippen LogP contribution in [0.1, 0.15) is 17.3 Å². The van der Waals surface area contributed by atoms with E-state index in [1.165, 1.54) is 14.2 Å². The predicted octanol–water partition coefficient (Wildman–Crippen LogP) is 2.50. The first-order chi connectivity index (χ1) is 14.9. The van der Waals surface area contributed by atoms with Crippen molar-refractivity contribution in [2.24, 2.45) is 0 Å². The van der Waals surface area contributed by atoms with Gasteiger partial charge in [-0.1, -0.05) is 0 Å². The Morgan fingerprint density at radius 1 is 0.935 bits per heavy atom. The quantitative estimate of drug-likeness (QED) is 0.689. The van der Waals surface area contributed by atoms with E-state index in [1.807, 2.05) is 29.2 Å². The number of nitrogens with one attached hydrogen (secondary N) is 2. The molecule has 1 heterocycles. The zero-order valence-corrected chi connectivity index (χ0v) is 18.6. The third-order valence-electron chi connectivity index (χ3n) is 5.06. The van der Waals surface area contributed by atoms with E-state index in [2.05, 4.69) is 15.5 Å². The molecule has 1 fully saturated rings. The minimum atomic E-state index is -0.366. The molecule has 1 aliphatic rings. The first kappa shape index (κ1) is 22.4. The van der Waals surface area contributed by atoms with Gasteiger partial charge in [0.05, 0.1) is 14.2 Å². The van der Waals surface area contributed by atoms with Gasteiger partial charge < -0.3 is 24.6 Å². The van der Waals surface area contributed by atoms with Crippen molar-refractivity contribution in [3.05, 3.63) is 48.0 Å². The van der Waals surface area contributed by atoms with Crippen LogP contribution >= 0.6 is 12.2 Å². The number of hydrogen-bond acceptors (Lipinski definition) is 6. The first-order valence-electron chi connectivity index (χ1n) is 9.85. The molecule has 164 valence electrons. The highest BCUT2D eigenvalue weighted by Gasteiger charge is 2.18. The van der Waals surface area contributed by atoms with E-state index in [0.29, 0.717) is 17.1 Å². The van der Waals surface area contributed by atoms with Crippen LogP contribution in [-0.4, -0.2) is 62.2 Å². The summed E-state index contributed by atoms with van der Waals surface area (Å²) in [5, 5.41) is 5.87. The van der Waals surface area contributed by atoms with E-state index in [1.54, 1.807) is 25.1 Å². The Kier molecular flexibility index (Phi) is 7.30. The van der Waals surface area contributed by atoms with Crippen molar-refractivity contribution in [3.63, 3.8) is 0 Å². The van der Waals surface area contributed by atoms with Gasteiger partial charge in [-0.2, -0.15) is 0 Å². The molecule has 2 N–H and O–H groups in total. The minimum absolute atomic E-state index is 0.113. The Hall–Kier alpha value is -3.33. The summed E-state index contributed by atoms with van der Waals surface area (Å²) in [4.78, 5) is 28.1. The summed E-state index contributed by atoms with van der Waals surface area (Å²) in [6, 6.07) is 12.7. The van der Waals surface area contributed by atoms with Gasteiger partial charge >= 0.3 is 0 Å². The number of benzene rings is 2. The Labute approximate surface area is 187 Å². The number of hydrogen-bond donors (Lipinski definition) is 2. The topological polar surface area (TPSA) is 83.1 Å². The van der Waals surface area contributed by atoms with Crippen LogP contribution in [0, 0.1) is 0 Å². The molecular weight excluding hydrogens is 416 g/mol. The van der Waals surface area contributed by atoms with Crippen molar-refractivity contribution >= 4 is 40.5 Å². The molecule has 2 aromatic rings. The summed E-state index contributed by atoms with van der Waals surface area (Å²) >= 11 is 5.28. The predicted molar refractivity (Wildman–Crippen MR) is 124 cm³/mol. The van der Waals surface area contributed by atoms with Gasteiger partial charge in [0.2, 0.25) is 5.91 Å². The number of amides is 2. The second-order valence-corrected chi connectivity index (χ2v) is 7.46. The van der Waals surface area contributed by atoms with Crippen molar-refractivity contribution in [1.82, 2.24) is 10.2 Å². The Balaban J connectivity index is 1.56. The lowest BCUT2D eigenvalue weighted by molar-refractivity contribution is -0.129. The van der Waals surface area contributed by atoms with E-state index in [0.717, 1.165) is 37.6 Å². The zero-order chi connectivity index (χ0) is 22.4. The van der Waals surface area contributed by atoms with Crippen molar-refractivity contribution in [2.75, 3.05) is 50.6 Å². The SMILES string of the molecule is COc1cc(OC)cc(C(=O)NC(=S)Nc2ccc(N3CCN(C(C)=O)CC3)cc2)c1. The average Bonchev–Trinajstić information content (AvgIpc) is 2.79. The number of carbonyl (C=O) groups excluding carboxylic acids is 2. The zero-order valence-electron chi connectivity index (χ0n) is 17.8. The highest BCUT2D eigenvalue weighted by atomic mass is 32.1. The highest BCUT2D eigenvalue weighted by molar-refractivity contribution is 7.80. The summed E-state index contributed by atoms with van der Waals surface area (Å²) in [5.41, 5.74) is 2.22. The van der Waals surface area contributed by atoms with Crippen LogP contribution in [-0.2, 0) is 4.79 Å². The van der Waals surface area contributed by atoms with Crippen LogP contribution in [0.15, 0.2) is 42.5 Å². The molecule has 0 atom stereocenters. The highest BCUT2D eigenvalue weighted by Crippen LogP contribution is 2.23. The fourth-order valence-electron chi connectivity index (χ4n) is 3.31. The molecule has 2 aromatic carbocycles. The maximum absolute atomic E-state index is 12.5. The van der Waals surface area contributed by atoms with Crippen LogP contribution in [0.3, 0.4) is 0 Å². The van der Waals surface area contributed by atoms with Gasteiger partial charge in [-0.05, 0) is 48.6 Å². The number of rotatable bonds is 5. The lowest BCUT2D eigenvalue weighted by Crippen LogP contribution is -2.48. The van der Waals surface area contributed by atoms with Gasteiger partial charge in [0.1, 0.15) is 11.5 Å². The number of ether oxygens (including phenoxy) is 2. The Morgan fingerprint density at radius 2 is 1.52 bits per heavy atom. The molecule has 3 rings (SSSR count). The first-order valence-corrected chi connectivity index (χ1v) is 10.3. The standard InChI is InChI=1S/C22H26N4O4S/c1-15(27)25-8-10-26(11-9-25)18-6-4-17(5-7-18)23-22(31)24-21(28)16-12-19(29-2)14-20(13-16)30-3/h4-7,12-14H,8-11H2,1-3H3,(H2,23,24,28,31). The number of methoxy groups -OCH3 is 2. The van der Waals surface area contributed by atoms with Gasteiger partial charge in [-0.15, -0.1) is 0 Å². The van der Waals surface area contributed by atoms with Gasteiger partial charge in [-0.25, -0.2) is 0 Å². The molecule has 0 radical (unpaired) electrons. The number of piperazine rings is 1. The maximum atomic E-state index is 12.5.